The fraction of sp³-hybridized carbons (Fsp3) is 0.476. The van der Waals surface area contributed by atoms with Crippen molar-refractivity contribution in [3.63, 3.8) is 0 Å². The smallest absolute Gasteiger partial charge is 0.328 e. The van der Waals surface area contributed by atoms with Crippen LogP contribution in [0, 0.1) is 0 Å². The number of hydrogen-bond acceptors (Lipinski definition) is 4. The number of piperidine rings is 1. The number of rotatable bonds is 8. The second-order valence-corrected chi connectivity index (χ2v) is 7.35. The summed E-state index contributed by atoms with van der Waals surface area (Å²) in [6.45, 7) is 3.25. The Morgan fingerprint density at radius 1 is 1.14 bits per heavy atom. The third kappa shape index (κ3) is 6.20. The van der Waals surface area contributed by atoms with E-state index in [1.54, 1.807) is 0 Å². The van der Waals surface area contributed by atoms with Gasteiger partial charge in [-0.2, -0.15) is 0 Å². The van der Waals surface area contributed by atoms with Crippen LogP contribution in [-0.4, -0.2) is 46.0 Å². The van der Waals surface area contributed by atoms with Crippen LogP contribution in [0.5, 0.6) is 0 Å². The molecule has 1 aliphatic rings. The molecule has 1 amide bonds. The maximum Gasteiger partial charge on any atom is 0.328 e. The van der Waals surface area contributed by atoms with Gasteiger partial charge >= 0.3 is 5.69 Å². The largest absolute Gasteiger partial charge is 0.352 e. The van der Waals surface area contributed by atoms with Crippen LogP contribution < -0.4 is 16.6 Å². The van der Waals surface area contributed by atoms with Gasteiger partial charge in [0.2, 0.25) is 5.91 Å². The van der Waals surface area contributed by atoms with Gasteiger partial charge in [0.1, 0.15) is 0 Å². The fourth-order valence-corrected chi connectivity index (χ4v) is 3.67. The Bertz CT molecular complexity index is 875. The Morgan fingerprint density at radius 2 is 1.96 bits per heavy atom. The van der Waals surface area contributed by atoms with Crippen molar-refractivity contribution in [2.45, 2.75) is 44.7 Å². The van der Waals surface area contributed by atoms with Gasteiger partial charge in [-0.15, -0.1) is 0 Å². The molecule has 2 N–H and O–H groups in total. The molecule has 7 nitrogen and oxygen atoms in total. The lowest BCUT2D eigenvalue weighted by molar-refractivity contribution is -0.122. The van der Waals surface area contributed by atoms with Crippen LogP contribution >= 0.6 is 0 Å². The van der Waals surface area contributed by atoms with E-state index in [1.807, 2.05) is 6.07 Å². The van der Waals surface area contributed by atoms with Crippen LogP contribution in [0.2, 0.25) is 0 Å². The summed E-state index contributed by atoms with van der Waals surface area (Å²) in [6.07, 6.45) is 5.89. The molecule has 7 heteroatoms. The summed E-state index contributed by atoms with van der Waals surface area (Å²) in [4.78, 5) is 39.6. The number of amides is 1. The standard InChI is InChI=1S/C21H28N4O3/c26-19(10-14-25-15-11-20(27)23-21(25)28)22-18-9-5-13-24(16-18)12-4-8-17-6-2-1-3-7-17/h1-3,6-7,11,15,18H,4-5,8-10,12-14,16H2,(H,22,26)(H,23,27,28)/t18-/m1/s1. The van der Waals surface area contributed by atoms with E-state index in [1.165, 1.54) is 22.4 Å². The molecule has 2 heterocycles. The van der Waals surface area contributed by atoms with Crippen LogP contribution in [0.4, 0.5) is 0 Å². The van der Waals surface area contributed by atoms with Crippen molar-refractivity contribution in [1.29, 1.82) is 0 Å². The summed E-state index contributed by atoms with van der Waals surface area (Å²) in [5, 5.41) is 3.09. The molecule has 0 unspecified atom stereocenters. The quantitative estimate of drug-likeness (QED) is 0.715. The molecule has 0 radical (unpaired) electrons. The molecule has 1 saturated heterocycles. The maximum atomic E-state index is 12.3. The molecule has 0 aliphatic carbocycles. The molecule has 28 heavy (non-hydrogen) atoms. The van der Waals surface area contributed by atoms with Crippen LogP contribution in [0.3, 0.4) is 0 Å². The number of aryl methyl sites for hydroxylation is 2. The molecule has 1 aromatic heterocycles. The zero-order chi connectivity index (χ0) is 19.8. The fourth-order valence-electron chi connectivity index (χ4n) is 3.67. The highest BCUT2D eigenvalue weighted by molar-refractivity contribution is 5.76. The van der Waals surface area contributed by atoms with Crippen molar-refractivity contribution < 1.29 is 4.79 Å². The minimum Gasteiger partial charge on any atom is -0.352 e. The SMILES string of the molecule is O=C(CCn1ccc(=O)[nH]c1=O)N[C@@H]1CCCN(CCCc2ccccc2)C1. The number of hydrogen-bond donors (Lipinski definition) is 2. The van der Waals surface area contributed by atoms with E-state index in [4.69, 9.17) is 0 Å². The Kier molecular flexibility index (Phi) is 7.19. The van der Waals surface area contributed by atoms with E-state index >= 15 is 0 Å². The number of nitrogens with zero attached hydrogens (tertiary/aromatic N) is 2. The maximum absolute atomic E-state index is 12.3. The molecule has 1 aliphatic heterocycles. The molecule has 0 saturated carbocycles. The third-order valence-corrected chi connectivity index (χ3v) is 5.13. The minimum absolute atomic E-state index is 0.0609. The highest BCUT2D eigenvalue weighted by atomic mass is 16.2. The number of nitrogens with one attached hydrogen (secondary N) is 2. The van der Waals surface area contributed by atoms with Gasteiger partial charge in [0.25, 0.3) is 5.56 Å². The molecular formula is C21H28N4O3. The van der Waals surface area contributed by atoms with E-state index < -0.39 is 11.2 Å². The number of benzene rings is 1. The van der Waals surface area contributed by atoms with Gasteiger partial charge in [-0.3, -0.25) is 14.6 Å². The highest BCUT2D eigenvalue weighted by Crippen LogP contribution is 2.12. The van der Waals surface area contributed by atoms with E-state index in [-0.39, 0.29) is 24.9 Å². The van der Waals surface area contributed by atoms with Gasteiger partial charge in [0, 0.05) is 37.8 Å². The number of likely N-dealkylation sites (tertiary alicyclic amines) is 1. The second kappa shape index (κ2) is 10.0. The average molecular weight is 384 g/mol. The average Bonchev–Trinajstić information content (AvgIpc) is 2.68. The van der Waals surface area contributed by atoms with Crippen molar-refractivity contribution in [2.24, 2.45) is 0 Å². The minimum atomic E-state index is -0.484. The van der Waals surface area contributed by atoms with E-state index in [0.29, 0.717) is 0 Å². The number of aromatic amines is 1. The van der Waals surface area contributed by atoms with Crippen molar-refractivity contribution >= 4 is 5.91 Å². The molecule has 1 atom stereocenters. The van der Waals surface area contributed by atoms with Crippen LogP contribution in [0.1, 0.15) is 31.2 Å². The highest BCUT2D eigenvalue weighted by Gasteiger charge is 2.21. The van der Waals surface area contributed by atoms with Crippen LogP contribution in [-0.2, 0) is 17.8 Å². The first-order valence-electron chi connectivity index (χ1n) is 9.95. The van der Waals surface area contributed by atoms with E-state index in [9.17, 15) is 14.4 Å². The van der Waals surface area contributed by atoms with E-state index in [2.05, 4.69) is 39.5 Å². The predicted octanol–water partition coefficient (Wildman–Crippen LogP) is 1.14. The number of aromatic nitrogens is 2. The van der Waals surface area contributed by atoms with Gasteiger partial charge < -0.3 is 14.8 Å². The lowest BCUT2D eigenvalue weighted by Crippen LogP contribution is -2.48. The van der Waals surface area contributed by atoms with Crippen LogP contribution in [0.15, 0.2) is 52.2 Å². The first kappa shape index (κ1) is 20.1. The summed E-state index contributed by atoms with van der Waals surface area (Å²) in [5.41, 5.74) is 0.449. The van der Waals surface area contributed by atoms with Crippen molar-refractivity contribution in [2.75, 3.05) is 19.6 Å². The normalized spacial score (nSPS) is 17.4. The monoisotopic (exact) mass is 384 g/mol. The summed E-state index contributed by atoms with van der Waals surface area (Å²) in [6, 6.07) is 11.9. The molecule has 0 bridgehead atoms. The Labute approximate surface area is 164 Å². The summed E-state index contributed by atoms with van der Waals surface area (Å²) in [7, 11) is 0. The van der Waals surface area contributed by atoms with E-state index in [0.717, 1.165) is 45.3 Å². The molecule has 3 rings (SSSR count). The Morgan fingerprint density at radius 3 is 2.75 bits per heavy atom. The third-order valence-electron chi connectivity index (χ3n) is 5.13. The van der Waals surface area contributed by atoms with Gasteiger partial charge in [-0.1, -0.05) is 30.3 Å². The molecule has 0 spiro atoms. The zero-order valence-electron chi connectivity index (χ0n) is 16.1. The lowest BCUT2D eigenvalue weighted by atomic mass is 10.0. The number of carbonyl (C=O) groups excluding carboxylic acids is 1. The summed E-state index contributed by atoms with van der Waals surface area (Å²) >= 11 is 0. The van der Waals surface area contributed by atoms with Crippen molar-refractivity contribution in [3.8, 4) is 0 Å². The first-order chi connectivity index (χ1) is 13.6. The van der Waals surface area contributed by atoms with Gasteiger partial charge in [-0.05, 0) is 44.3 Å². The van der Waals surface area contributed by atoms with Crippen molar-refractivity contribution in [3.05, 3.63) is 69.0 Å². The lowest BCUT2D eigenvalue weighted by Gasteiger charge is -2.33. The number of carbonyl (C=O) groups is 1. The summed E-state index contributed by atoms with van der Waals surface area (Å²) in [5.74, 6) is -0.0609. The summed E-state index contributed by atoms with van der Waals surface area (Å²) < 4.78 is 1.34. The molecular weight excluding hydrogens is 356 g/mol. The molecule has 1 aromatic carbocycles. The van der Waals surface area contributed by atoms with Gasteiger partial charge in [0.05, 0.1) is 0 Å². The number of H-pyrrole nitrogens is 1. The van der Waals surface area contributed by atoms with Gasteiger partial charge in [0.15, 0.2) is 0 Å². The van der Waals surface area contributed by atoms with Crippen molar-refractivity contribution in [1.82, 2.24) is 19.8 Å². The molecule has 2 aromatic rings. The van der Waals surface area contributed by atoms with Crippen LogP contribution in [0.25, 0.3) is 0 Å². The predicted molar refractivity (Wildman–Crippen MR) is 108 cm³/mol. The second-order valence-electron chi connectivity index (χ2n) is 7.35. The van der Waals surface area contributed by atoms with Gasteiger partial charge in [-0.25, -0.2) is 4.79 Å². The zero-order valence-corrected chi connectivity index (χ0v) is 16.1. The first-order valence-corrected chi connectivity index (χ1v) is 9.95. The molecule has 150 valence electrons. The topological polar surface area (TPSA) is 87.2 Å². The molecule has 1 fully saturated rings. The Hall–Kier alpha value is -2.67. The Balaban J connectivity index is 1.39.